The highest BCUT2D eigenvalue weighted by Crippen LogP contribution is 2.46. The normalized spacial score (nSPS) is 19.9. The van der Waals surface area contributed by atoms with Crippen molar-refractivity contribution in [2.75, 3.05) is 20.3 Å². The van der Waals surface area contributed by atoms with Crippen LogP contribution in [-0.4, -0.2) is 55.0 Å². The van der Waals surface area contributed by atoms with E-state index in [-0.39, 0.29) is 18.5 Å². The summed E-state index contributed by atoms with van der Waals surface area (Å²) in [4.78, 5) is 40.7. The number of guanidine groups is 1. The number of fused-ring (bicyclic) bond motifs is 2. The molecule has 3 rings (SSSR count). The zero-order valence-corrected chi connectivity index (χ0v) is 15.9. The van der Waals surface area contributed by atoms with Crippen LogP contribution in [0.15, 0.2) is 17.1 Å². The fraction of sp³-hybridized carbons (Fsp3) is 0.444. The molecular weight excluding hydrogens is 368 g/mol. The number of ether oxygens (including phenoxy) is 3. The molecular formula is C18H22N4O6. The summed E-state index contributed by atoms with van der Waals surface area (Å²) in [7, 11) is 1.51. The zero-order valence-electron chi connectivity index (χ0n) is 15.9. The summed E-state index contributed by atoms with van der Waals surface area (Å²) in [6, 6.07) is 1.93. The Morgan fingerprint density at radius 3 is 2.71 bits per heavy atom. The Balaban J connectivity index is 1.86. The number of carbonyl (C=O) groups is 3. The van der Waals surface area contributed by atoms with Crippen LogP contribution < -0.4 is 20.5 Å². The standard InChI is InChI=1S/C18H22N4O6/c1-9-13-11(20-18-21-17(25)14(16(19)24)22(9)18)5-6-12(15(13)26-3)28-8-4-7-27-10(2)23/h5-6,9,14H,4,7-8H2,1-3H3,(H2,19,24)(H,20,21,25). The second-order valence-electron chi connectivity index (χ2n) is 6.38. The molecule has 2 aliphatic rings. The molecule has 0 bridgehead atoms. The van der Waals surface area contributed by atoms with Crippen LogP contribution in [0.5, 0.6) is 11.5 Å². The molecule has 1 fully saturated rings. The zero-order chi connectivity index (χ0) is 20.4. The predicted molar refractivity (Wildman–Crippen MR) is 98.2 cm³/mol. The largest absolute Gasteiger partial charge is 0.492 e. The van der Waals surface area contributed by atoms with Crippen molar-refractivity contribution >= 4 is 29.4 Å². The van der Waals surface area contributed by atoms with Crippen molar-refractivity contribution in [1.29, 1.82) is 0 Å². The number of esters is 1. The highest BCUT2D eigenvalue weighted by molar-refractivity contribution is 6.17. The molecule has 2 atom stereocenters. The van der Waals surface area contributed by atoms with Gasteiger partial charge in [-0.1, -0.05) is 0 Å². The van der Waals surface area contributed by atoms with Crippen molar-refractivity contribution < 1.29 is 28.6 Å². The lowest BCUT2D eigenvalue weighted by Crippen LogP contribution is -2.47. The molecule has 1 saturated heterocycles. The maximum atomic E-state index is 12.1. The number of methoxy groups -OCH3 is 1. The summed E-state index contributed by atoms with van der Waals surface area (Å²) in [5.74, 6) is -0.370. The van der Waals surface area contributed by atoms with Gasteiger partial charge in [0.2, 0.25) is 11.9 Å². The van der Waals surface area contributed by atoms with Crippen LogP contribution >= 0.6 is 0 Å². The van der Waals surface area contributed by atoms with Gasteiger partial charge >= 0.3 is 5.97 Å². The van der Waals surface area contributed by atoms with E-state index in [0.29, 0.717) is 35.8 Å². The van der Waals surface area contributed by atoms with Crippen LogP contribution in [0, 0.1) is 0 Å². The lowest BCUT2D eigenvalue weighted by molar-refractivity contribution is -0.141. The number of nitrogens with one attached hydrogen (secondary N) is 1. The minimum atomic E-state index is -1.14. The molecule has 0 aromatic heterocycles. The van der Waals surface area contributed by atoms with Gasteiger partial charge in [-0.05, 0) is 19.1 Å². The van der Waals surface area contributed by atoms with Crippen molar-refractivity contribution in [3.63, 3.8) is 0 Å². The topological polar surface area (TPSA) is 133 Å². The lowest BCUT2D eigenvalue weighted by Gasteiger charge is -2.34. The van der Waals surface area contributed by atoms with Gasteiger partial charge in [0.1, 0.15) is 0 Å². The molecule has 3 N–H and O–H groups in total. The van der Waals surface area contributed by atoms with Crippen molar-refractivity contribution in [2.45, 2.75) is 32.4 Å². The van der Waals surface area contributed by atoms with Crippen LogP contribution in [0.4, 0.5) is 5.69 Å². The second kappa shape index (κ2) is 7.75. The Bertz CT molecular complexity index is 853. The summed E-state index contributed by atoms with van der Waals surface area (Å²) in [5.41, 5.74) is 6.70. The van der Waals surface area contributed by atoms with E-state index in [9.17, 15) is 14.4 Å². The number of benzene rings is 1. The third-order valence-corrected chi connectivity index (χ3v) is 4.53. The van der Waals surface area contributed by atoms with Gasteiger partial charge in [0.05, 0.1) is 32.1 Å². The Morgan fingerprint density at radius 1 is 1.32 bits per heavy atom. The maximum absolute atomic E-state index is 12.1. The first kappa shape index (κ1) is 19.5. The summed E-state index contributed by atoms with van der Waals surface area (Å²) in [6.45, 7) is 3.76. The molecule has 0 saturated carbocycles. The number of primary amides is 1. The first-order valence-electron chi connectivity index (χ1n) is 8.79. The summed E-state index contributed by atoms with van der Waals surface area (Å²) < 4.78 is 16.2. The fourth-order valence-electron chi connectivity index (χ4n) is 3.36. The summed E-state index contributed by atoms with van der Waals surface area (Å²) in [5, 5.41) is 2.59. The summed E-state index contributed by atoms with van der Waals surface area (Å²) in [6.07, 6.45) is 0.520. The maximum Gasteiger partial charge on any atom is 0.302 e. The molecule has 2 amide bonds. The third kappa shape index (κ3) is 3.45. The first-order valence-corrected chi connectivity index (χ1v) is 8.79. The van der Waals surface area contributed by atoms with Gasteiger partial charge in [0.25, 0.3) is 5.91 Å². The Morgan fingerprint density at radius 2 is 2.07 bits per heavy atom. The van der Waals surface area contributed by atoms with E-state index in [1.165, 1.54) is 14.0 Å². The van der Waals surface area contributed by atoms with Gasteiger partial charge in [-0.2, -0.15) is 0 Å². The number of aliphatic imine (C=N–C) groups is 1. The van der Waals surface area contributed by atoms with Crippen LogP contribution in [-0.2, 0) is 19.1 Å². The minimum Gasteiger partial charge on any atom is -0.492 e. The van der Waals surface area contributed by atoms with Gasteiger partial charge in [-0.15, -0.1) is 0 Å². The van der Waals surface area contributed by atoms with E-state index in [2.05, 4.69) is 10.3 Å². The van der Waals surface area contributed by atoms with Gasteiger partial charge in [-0.25, -0.2) is 4.99 Å². The van der Waals surface area contributed by atoms with Gasteiger partial charge in [-0.3, -0.25) is 19.7 Å². The van der Waals surface area contributed by atoms with Gasteiger partial charge < -0.3 is 24.8 Å². The molecule has 2 aliphatic heterocycles. The number of hydrogen-bond acceptors (Lipinski definition) is 8. The molecule has 2 heterocycles. The van der Waals surface area contributed by atoms with Crippen molar-refractivity contribution in [2.24, 2.45) is 10.7 Å². The van der Waals surface area contributed by atoms with E-state index in [1.807, 2.05) is 6.92 Å². The monoisotopic (exact) mass is 390 g/mol. The van der Waals surface area contributed by atoms with Gasteiger partial charge in [0, 0.05) is 18.9 Å². The van der Waals surface area contributed by atoms with Crippen LogP contribution in [0.3, 0.4) is 0 Å². The van der Waals surface area contributed by atoms with E-state index < -0.39 is 23.9 Å². The third-order valence-electron chi connectivity index (χ3n) is 4.53. The molecule has 2 unspecified atom stereocenters. The average Bonchev–Trinajstić information content (AvgIpc) is 2.97. The predicted octanol–water partition coefficient (Wildman–Crippen LogP) is 0.375. The summed E-state index contributed by atoms with van der Waals surface area (Å²) >= 11 is 0. The van der Waals surface area contributed by atoms with Crippen molar-refractivity contribution in [3.05, 3.63) is 17.7 Å². The van der Waals surface area contributed by atoms with E-state index in [0.717, 1.165) is 0 Å². The molecule has 28 heavy (non-hydrogen) atoms. The lowest BCUT2D eigenvalue weighted by atomic mass is 10.00. The molecule has 10 nitrogen and oxygen atoms in total. The molecule has 1 aromatic rings. The number of nitrogens with two attached hydrogens (primary N) is 1. The number of nitrogens with zero attached hydrogens (tertiary/aromatic N) is 2. The number of carbonyl (C=O) groups excluding carboxylic acids is 3. The fourth-order valence-corrected chi connectivity index (χ4v) is 3.36. The molecule has 1 aromatic carbocycles. The highest BCUT2D eigenvalue weighted by atomic mass is 16.5. The van der Waals surface area contributed by atoms with Crippen LogP contribution in [0.1, 0.15) is 31.9 Å². The Hall–Kier alpha value is -3.30. The number of hydrogen-bond donors (Lipinski definition) is 2. The molecule has 150 valence electrons. The highest BCUT2D eigenvalue weighted by Gasteiger charge is 2.46. The molecule has 0 spiro atoms. The molecule has 10 heteroatoms. The van der Waals surface area contributed by atoms with E-state index in [1.54, 1.807) is 17.0 Å². The van der Waals surface area contributed by atoms with Crippen molar-refractivity contribution in [3.8, 4) is 11.5 Å². The molecule has 0 aliphatic carbocycles. The SMILES string of the molecule is COc1c(OCCCOC(C)=O)ccc2c1C(C)N1C(=N2)NC(=O)C1C(N)=O. The number of amides is 2. The Kier molecular flexibility index (Phi) is 5.39. The quantitative estimate of drug-likeness (QED) is 0.390. The van der Waals surface area contributed by atoms with Crippen LogP contribution in [0.2, 0.25) is 0 Å². The second-order valence-corrected chi connectivity index (χ2v) is 6.38. The van der Waals surface area contributed by atoms with Crippen molar-refractivity contribution in [1.82, 2.24) is 10.2 Å². The number of rotatable bonds is 7. The average molecular weight is 390 g/mol. The van der Waals surface area contributed by atoms with E-state index >= 15 is 0 Å². The smallest absolute Gasteiger partial charge is 0.302 e. The van der Waals surface area contributed by atoms with Crippen LogP contribution in [0.25, 0.3) is 0 Å². The Labute approximate surface area is 161 Å². The first-order chi connectivity index (χ1) is 13.3. The minimum absolute atomic E-state index is 0.258. The molecule has 0 radical (unpaired) electrons. The van der Waals surface area contributed by atoms with E-state index in [4.69, 9.17) is 19.9 Å². The van der Waals surface area contributed by atoms with Gasteiger partial charge in [0.15, 0.2) is 17.5 Å².